The lowest BCUT2D eigenvalue weighted by Crippen LogP contribution is -2.20. The normalized spacial score (nSPS) is 10.8. The molecule has 0 saturated carbocycles. The molecule has 10 heteroatoms. The maximum Gasteiger partial charge on any atom is 0.250 e. The van der Waals surface area contributed by atoms with Crippen LogP contribution in [0.5, 0.6) is 17.2 Å². The standard InChI is InChI=1S/C21H23N5O4S/c1-14-23-25-21(26(14)16-8-6-5-7-9-16)31-13-18(27)24-22-12-15-10-11-17(28-2)20(30-4)19(15)29-3/h5-12H,13H2,1-4H3,(H,24,27)/b22-12-. The molecule has 1 heterocycles. The van der Waals surface area contributed by atoms with Crippen molar-refractivity contribution < 1.29 is 19.0 Å². The average Bonchev–Trinajstić information content (AvgIpc) is 3.17. The van der Waals surface area contributed by atoms with Crippen LogP contribution in [0.25, 0.3) is 5.69 Å². The van der Waals surface area contributed by atoms with Crippen molar-refractivity contribution in [1.29, 1.82) is 0 Å². The number of nitrogens with one attached hydrogen (secondary N) is 1. The molecular weight excluding hydrogens is 418 g/mol. The van der Waals surface area contributed by atoms with Crippen LogP contribution in [0.15, 0.2) is 52.7 Å². The Balaban J connectivity index is 1.64. The summed E-state index contributed by atoms with van der Waals surface area (Å²) in [6.45, 7) is 1.87. The third-order valence-electron chi connectivity index (χ3n) is 4.27. The molecule has 0 aliphatic carbocycles. The lowest BCUT2D eigenvalue weighted by Gasteiger charge is -2.13. The van der Waals surface area contributed by atoms with E-state index in [1.807, 2.05) is 41.8 Å². The van der Waals surface area contributed by atoms with Gasteiger partial charge in [0.2, 0.25) is 5.75 Å². The molecular formula is C21H23N5O4S. The number of carbonyl (C=O) groups is 1. The second-order valence-corrected chi connectivity index (χ2v) is 7.15. The van der Waals surface area contributed by atoms with Crippen molar-refractivity contribution in [2.45, 2.75) is 12.1 Å². The highest BCUT2D eigenvalue weighted by Gasteiger charge is 2.15. The van der Waals surface area contributed by atoms with Crippen LogP contribution in [0.1, 0.15) is 11.4 Å². The van der Waals surface area contributed by atoms with Crippen LogP contribution in [0, 0.1) is 6.92 Å². The number of amides is 1. The van der Waals surface area contributed by atoms with E-state index in [9.17, 15) is 4.79 Å². The zero-order valence-corrected chi connectivity index (χ0v) is 18.5. The third kappa shape index (κ3) is 5.15. The lowest BCUT2D eigenvalue weighted by molar-refractivity contribution is -0.118. The smallest absolute Gasteiger partial charge is 0.250 e. The fraction of sp³-hybridized carbons (Fsp3) is 0.238. The van der Waals surface area contributed by atoms with E-state index in [4.69, 9.17) is 14.2 Å². The molecule has 31 heavy (non-hydrogen) atoms. The minimum Gasteiger partial charge on any atom is -0.493 e. The van der Waals surface area contributed by atoms with Gasteiger partial charge >= 0.3 is 0 Å². The Morgan fingerprint density at radius 1 is 1.06 bits per heavy atom. The van der Waals surface area contributed by atoms with Gasteiger partial charge in [0.05, 0.1) is 33.3 Å². The first-order valence-corrected chi connectivity index (χ1v) is 10.3. The molecule has 1 N–H and O–H groups in total. The number of methoxy groups -OCH3 is 3. The van der Waals surface area contributed by atoms with Crippen LogP contribution < -0.4 is 19.6 Å². The molecule has 2 aromatic carbocycles. The van der Waals surface area contributed by atoms with Gasteiger partial charge in [-0.2, -0.15) is 5.10 Å². The molecule has 0 bridgehead atoms. The largest absolute Gasteiger partial charge is 0.493 e. The number of carbonyl (C=O) groups excluding carboxylic acids is 1. The predicted molar refractivity (Wildman–Crippen MR) is 119 cm³/mol. The highest BCUT2D eigenvalue weighted by molar-refractivity contribution is 7.99. The summed E-state index contributed by atoms with van der Waals surface area (Å²) in [4.78, 5) is 12.3. The van der Waals surface area contributed by atoms with Crippen molar-refractivity contribution in [1.82, 2.24) is 20.2 Å². The summed E-state index contributed by atoms with van der Waals surface area (Å²) in [5.41, 5.74) is 4.08. The summed E-state index contributed by atoms with van der Waals surface area (Å²) >= 11 is 1.28. The van der Waals surface area contributed by atoms with E-state index in [2.05, 4.69) is 20.7 Å². The second kappa shape index (κ2) is 10.5. The van der Waals surface area contributed by atoms with Gasteiger partial charge in [0.25, 0.3) is 5.91 Å². The second-order valence-electron chi connectivity index (χ2n) is 6.21. The molecule has 1 aromatic heterocycles. The highest BCUT2D eigenvalue weighted by Crippen LogP contribution is 2.38. The topological polar surface area (TPSA) is 99.9 Å². The van der Waals surface area contributed by atoms with Gasteiger partial charge in [-0.1, -0.05) is 30.0 Å². The number of hydrogen-bond donors (Lipinski definition) is 1. The van der Waals surface area contributed by atoms with Crippen LogP contribution in [0.4, 0.5) is 0 Å². The predicted octanol–water partition coefficient (Wildman–Crippen LogP) is 2.84. The Hall–Kier alpha value is -3.53. The van der Waals surface area contributed by atoms with Crippen LogP contribution in [-0.2, 0) is 4.79 Å². The van der Waals surface area contributed by atoms with Gasteiger partial charge in [0.15, 0.2) is 16.7 Å². The minimum atomic E-state index is -0.277. The number of ether oxygens (including phenoxy) is 3. The minimum absolute atomic E-state index is 0.130. The molecule has 0 aliphatic rings. The van der Waals surface area contributed by atoms with Crippen molar-refractivity contribution in [2.24, 2.45) is 5.10 Å². The van der Waals surface area contributed by atoms with Gasteiger partial charge in [0, 0.05) is 11.3 Å². The number of para-hydroxylation sites is 1. The third-order valence-corrected chi connectivity index (χ3v) is 5.20. The zero-order valence-electron chi connectivity index (χ0n) is 17.7. The number of hydrazone groups is 1. The molecule has 0 atom stereocenters. The zero-order chi connectivity index (χ0) is 22.2. The van der Waals surface area contributed by atoms with E-state index in [0.717, 1.165) is 11.5 Å². The number of benzene rings is 2. The van der Waals surface area contributed by atoms with Gasteiger partial charge in [0.1, 0.15) is 5.82 Å². The highest BCUT2D eigenvalue weighted by atomic mass is 32.2. The van der Waals surface area contributed by atoms with E-state index in [-0.39, 0.29) is 11.7 Å². The molecule has 162 valence electrons. The Morgan fingerprint density at radius 3 is 2.48 bits per heavy atom. The molecule has 0 radical (unpaired) electrons. The van der Waals surface area contributed by atoms with Gasteiger partial charge in [-0.3, -0.25) is 9.36 Å². The van der Waals surface area contributed by atoms with Crippen LogP contribution >= 0.6 is 11.8 Å². The Labute approximate surface area is 184 Å². The fourth-order valence-corrected chi connectivity index (χ4v) is 3.66. The van der Waals surface area contributed by atoms with Crippen molar-refractivity contribution in [3.05, 3.63) is 53.9 Å². The van der Waals surface area contributed by atoms with Crippen molar-refractivity contribution >= 4 is 23.9 Å². The Morgan fingerprint density at radius 2 is 1.81 bits per heavy atom. The summed E-state index contributed by atoms with van der Waals surface area (Å²) in [7, 11) is 4.59. The summed E-state index contributed by atoms with van der Waals surface area (Å²) in [6.07, 6.45) is 1.49. The van der Waals surface area contributed by atoms with E-state index in [1.165, 1.54) is 32.2 Å². The number of nitrogens with zero attached hydrogens (tertiary/aromatic N) is 4. The number of aromatic nitrogens is 3. The van der Waals surface area contributed by atoms with Crippen molar-refractivity contribution in [3.63, 3.8) is 0 Å². The molecule has 0 spiro atoms. The molecule has 1 amide bonds. The van der Waals surface area contributed by atoms with E-state index in [1.54, 1.807) is 19.2 Å². The van der Waals surface area contributed by atoms with Gasteiger partial charge < -0.3 is 14.2 Å². The van der Waals surface area contributed by atoms with Gasteiger partial charge in [-0.05, 0) is 31.2 Å². The Kier molecular flexibility index (Phi) is 7.50. The molecule has 3 rings (SSSR count). The molecule has 0 saturated heterocycles. The number of thioether (sulfide) groups is 1. The first kappa shape index (κ1) is 22.2. The molecule has 9 nitrogen and oxygen atoms in total. The summed E-state index contributed by atoms with van der Waals surface area (Å²) in [5, 5.41) is 12.9. The number of hydrogen-bond acceptors (Lipinski definition) is 8. The quantitative estimate of drug-likeness (QED) is 0.310. The van der Waals surface area contributed by atoms with E-state index in [0.29, 0.717) is 28.0 Å². The molecule has 3 aromatic rings. The lowest BCUT2D eigenvalue weighted by atomic mass is 10.2. The number of aryl methyl sites for hydroxylation is 1. The SMILES string of the molecule is COc1ccc(/C=N\NC(=O)CSc2nnc(C)n2-c2ccccc2)c(OC)c1OC. The van der Waals surface area contributed by atoms with Gasteiger partial charge in [-0.15, -0.1) is 10.2 Å². The van der Waals surface area contributed by atoms with Crippen LogP contribution in [0.3, 0.4) is 0 Å². The summed E-state index contributed by atoms with van der Waals surface area (Å²) < 4.78 is 17.9. The molecule has 0 fully saturated rings. The van der Waals surface area contributed by atoms with Crippen molar-refractivity contribution in [3.8, 4) is 22.9 Å². The monoisotopic (exact) mass is 441 g/mol. The van der Waals surface area contributed by atoms with E-state index < -0.39 is 0 Å². The maximum absolute atomic E-state index is 12.3. The average molecular weight is 442 g/mol. The first-order chi connectivity index (χ1) is 15.1. The van der Waals surface area contributed by atoms with Crippen LogP contribution in [0.2, 0.25) is 0 Å². The van der Waals surface area contributed by atoms with Crippen molar-refractivity contribution in [2.75, 3.05) is 27.1 Å². The van der Waals surface area contributed by atoms with Crippen LogP contribution in [-0.4, -0.2) is 54.0 Å². The molecule has 0 unspecified atom stereocenters. The van der Waals surface area contributed by atoms with E-state index >= 15 is 0 Å². The molecule has 0 aliphatic heterocycles. The number of rotatable bonds is 9. The van der Waals surface area contributed by atoms with Gasteiger partial charge in [-0.25, -0.2) is 5.43 Å². The summed E-state index contributed by atoms with van der Waals surface area (Å²) in [6, 6.07) is 13.2. The summed E-state index contributed by atoms with van der Waals surface area (Å²) in [5.74, 6) is 2.04. The fourth-order valence-electron chi connectivity index (χ4n) is 2.87. The Bertz CT molecular complexity index is 1070. The maximum atomic E-state index is 12.3. The first-order valence-electron chi connectivity index (χ1n) is 9.30.